The number of unbranched alkanes of at least 4 members (excludes halogenated alkanes) is 8. The van der Waals surface area contributed by atoms with Gasteiger partial charge in [0, 0.05) is 12.5 Å². The van der Waals surface area contributed by atoms with Crippen LogP contribution in [0.3, 0.4) is 0 Å². The fraction of sp³-hybridized carbons (Fsp3) is 1.00. The largest absolute Gasteiger partial charge is 0.390 e. The van der Waals surface area contributed by atoms with Gasteiger partial charge in [-0.15, -0.1) is 0 Å². The lowest BCUT2D eigenvalue weighted by Gasteiger charge is -2.44. The van der Waals surface area contributed by atoms with E-state index in [1.54, 1.807) is 0 Å². The van der Waals surface area contributed by atoms with E-state index in [4.69, 9.17) is 14.2 Å². The Bertz CT molecular complexity index is 529. The average molecular weight is 487 g/mol. The third kappa shape index (κ3) is 8.70. The molecule has 2 fully saturated rings. The van der Waals surface area contributed by atoms with E-state index in [1.165, 1.54) is 44.9 Å². The van der Waals surface area contributed by atoms with Crippen LogP contribution in [0.5, 0.6) is 0 Å². The second-order valence-electron chi connectivity index (χ2n) is 11.1. The third-order valence-electron chi connectivity index (χ3n) is 8.60. The summed E-state index contributed by atoms with van der Waals surface area (Å²) in [5.41, 5.74) is 0. The van der Waals surface area contributed by atoms with Gasteiger partial charge in [0.2, 0.25) is 0 Å². The summed E-state index contributed by atoms with van der Waals surface area (Å²) in [7, 11) is 0. The van der Waals surface area contributed by atoms with Gasteiger partial charge < -0.3 is 29.5 Å². The Labute approximate surface area is 208 Å². The fourth-order valence-corrected chi connectivity index (χ4v) is 5.66. The number of hydrogen-bond acceptors (Lipinski definition) is 6. The van der Waals surface area contributed by atoms with Gasteiger partial charge in [0.25, 0.3) is 0 Å². The van der Waals surface area contributed by atoms with E-state index in [1.807, 2.05) is 6.92 Å². The van der Waals surface area contributed by atoms with Crippen LogP contribution < -0.4 is 0 Å². The smallest absolute Gasteiger partial charge is 0.184 e. The number of aliphatic hydroxyl groups is 3. The number of rotatable bonds is 15. The molecule has 1 aliphatic heterocycles. The molecule has 0 radical (unpaired) electrons. The van der Waals surface area contributed by atoms with Crippen molar-refractivity contribution in [2.24, 2.45) is 23.7 Å². The zero-order valence-corrected chi connectivity index (χ0v) is 22.5. The molecule has 2 rings (SSSR count). The molecular weight excluding hydrogens is 432 g/mol. The summed E-state index contributed by atoms with van der Waals surface area (Å²) in [5.74, 6) is 0.794. The molecule has 1 aliphatic carbocycles. The van der Waals surface area contributed by atoms with E-state index >= 15 is 0 Å². The van der Waals surface area contributed by atoms with Crippen LogP contribution in [0.25, 0.3) is 0 Å². The molecule has 0 spiro atoms. The summed E-state index contributed by atoms with van der Waals surface area (Å²) in [5, 5.41) is 32.0. The van der Waals surface area contributed by atoms with Crippen LogP contribution in [0.1, 0.15) is 105 Å². The van der Waals surface area contributed by atoms with Gasteiger partial charge in [-0.1, -0.05) is 92.4 Å². The first kappa shape index (κ1) is 30.0. The second kappa shape index (κ2) is 15.8. The highest BCUT2D eigenvalue weighted by Gasteiger charge is 2.44. The molecule has 6 nitrogen and oxygen atoms in total. The molecule has 0 amide bonds. The predicted molar refractivity (Wildman–Crippen MR) is 135 cm³/mol. The molecule has 10 atom stereocenters. The van der Waals surface area contributed by atoms with Crippen molar-refractivity contribution in [1.82, 2.24) is 0 Å². The van der Waals surface area contributed by atoms with Gasteiger partial charge in [0.1, 0.15) is 12.2 Å². The highest BCUT2D eigenvalue weighted by molar-refractivity contribution is 4.91. The van der Waals surface area contributed by atoms with Crippen LogP contribution in [-0.4, -0.2) is 65.3 Å². The Morgan fingerprint density at radius 2 is 1.32 bits per heavy atom. The zero-order chi connectivity index (χ0) is 25.1. The first-order valence-corrected chi connectivity index (χ1v) is 14.2. The van der Waals surface area contributed by atoms with Crippen molar-refractivity contribution >= 4 is 0 Å². The van der Waals surface area contributed by atoms with Gasteiger partial charge in [-0.05, 0) is 30.6 Å². The lowest BCUT2D eigenvalue weighted by atomic mass is 9.70. The maximum absolute atomic E-state index is 10.7. The minimum Gasteiger partial charge on any atom is -0.390 e. The molecule has 0 bridgehead atoms. The van der Waals surface area contributed by atoms with E-state index in [-0.39, 0.29) is 24.5 Å². The van der Waals surface area contributed by atoms with E-state index in [0.717, 1.165) is 25.7 Å². The van der Waals surface area contributed by atoms with Crippen LogP contribution in [0.2, 0.25) is 0 Å². The maximum atomic E-state index is 10.7. The molecule has 10 unspecified atom stereocenters. The molecule has 0 aromatic heterocycles. The monoisotopic (exact) mass is 486 g/mol. The Morgan fingerprint density at radius 3 is 1.94 bits per heavy atom. The van der Waals surface area contributed by atoms with Gasteiger partial charge in [-0.3, -0.25) is 0 Å². The quantitative estimate of drug-likeness (QED) is 0.280. The Kier molecular flexibility index (Phi) is 13.9. The Morgan fingerprint density at radius 1 is 0.706 bits per heavy atom. The normalized spacial score (nSPS) is 38.8. The summed E-state index contributed by atoms with van der Waals surface area (Å²) in [6.45, 7) is 11.3. The van der Waals surface area contributed by atoms with Gasteiger partial charge in [-0.25, -0.2) is 0 Å². The van der Waals surface area contributed by atoms with Gasteiger partial charge in [0.05, 0.1) is 24.9 Å². The second-order valence-corrected chi connectivity index (χ2v) is 11.1. The summed E-state index contributed by atoms with van der Waals surface area (Å²) >= 11 is 0. The number of aliphatic hydroxyl groups excluding tert-OH is 3. The Hall–Kier alpha value is -0.240. The van der Waals surface area contributed by atoms with Crippen LogP contribution in [0.4, 0.5) is 0 Å². The minimum absolute atomic E-state index is 0.175. The molecule has 0 aromatic rings. The van der Waals surface area contributed by atoms with Crippen molar-refractivity contribution in [3.05, 3.63) is 0 Å². The summed E-state index contributed by atoms with van der Waals surface area (Å²) in [4.78, 5) is 0. The van der Waals surface area contributed by atoms with Gasteiger partial charge in [-0.2, -0.15) is 0 Å². The van der Waals surface area contributed by atoms with Crippen LogP contribution >= 0.6 is 0 Å². The first-order valence-electron chi connectivity index (χ1n) is 14.2. The molecule has 3 N–H and O–H groups in total. The summed E-state index contributed by atoms with van der Waals surface area (Å²) in [6, 6.07) is 0. The van der Waals surface area contributed by atoms with E-state index < -0.39 is 30.7 Å². The molecule has 202 valence electrons. The molecule has 2 aliphatic rings. The van der Waals surface area contributed by atoms with E-state index in [9.17, 15) is 15.3 Å². The summed E-state index contributed by atoms with van der Waals surface area (Å²) in [6.07, 6.45) is 9.29. The number of hydrogen-bond donors (Lipinski definition) is 3. The average Bonchev–Trinajstić information content (AvgIpc) is 2.83. The molecule has 1 saturated heterocycles. The minimum atomic E-state index is -0.865. The molecule has 34 heavy (non-hydrogen) atoms. The number of ether oxygens (including phenoxy) is 3. The van der Waals surface area contributed by atoms with Gasteiger partial charge in [0.15, 0.2) is 6.29 Å². The molecule has 0 aromatic carbocycles. The van der Waals surface area contributed by atoms with Crippen molar-refractivity contribution in [2.75, 3.05) is 13.2 Å². The lowest BCUT2D eigenvalue weighted by Crippen LogP contribution is -2.56. The molecular formula is C28H54O6. The highest BCUT2D eigenvalue weighted by atomic mass is 16.7. The predicted octanol–water partition coefficient (Wildman–Crippen LogP) is 5.06. The van der Waals surface area contributed by atoms with E-state index in [0.29, 0.717) is 18.4 Å². The molecule has 6 heteroatoms. The van der Waals surface area contributed by atoms with Crippen molar-refractivity contribution in [3.8, 4) is 0 Å². The van der Waals surface area contributed by atoms with Crippen molar-refractivity contribution in [1.29, 1.82) is 0 Å². The SMILES string of the molecule is CCCCCCCCCCCOC1OC(COC2CC(CC)C(C)C(C)C2O)C(O)C(C)C1O. The fourth-order valence-electron chi connectivity index (χ4n) is 5.66. The highest BCUT2D eigenvalue weighted by Crippen LogP contribution is 2.38. The first-order chi connectivity index (χ1) is 16.3. The van der Waals surface area contributed by atoms with Crippen molar-refractivity contribution in [2.45, 2.75) is 142 Å². The molecule has 1 heterocycles. The van der Waals surface area contributed by atoms with Crippen molar-refractivity contribution in [3.63, 3.8) is 0 Å². The zero-order valence-electron chi connectivity index (χ0n) is 22.5. The van der Waals surface area contributed by atoms with Crippen LogP contribution in [0.15, 0.2) is 0 Å². The molecule has 1 saturated carbocycles. The van der Waals surface area contributed by atoms with Gasteiger partial charge >= 0.3 is 0 Å². The van der Waals surface area contributed by atoms with Crippen LogP contribution in [-0.2, 0) is 14.2 Å². The lowest BCUT2D eigenvalue weighted by molar-refractivity contribution is -0.293. The van der Waals surface area contributed by atoms with E-state index in [2.05, 4.69) is 27.7 Å². The topological polar surface area (TPSA) is 88.4 Å². The maximum Gasteiger partial charge on any atom is 0.184 e. The Balaban J connectivity index is 1.73. The standard InChI is InChI=1S/C28H54O6/c1-6-8-9-10-11-12-13-14-15-16-32-28-27(31)21(5)26(30)24(34-28)18-33-23-17-22(7-2)19(3)20(4)25(23)29/h19-31H,6-18H2,1-5H3. The van der Waals surface area contributed by atoms with Crippen molar-refractivity contribution < 1.29 is 29.5 Å². The third-order valence-corrected chi connectivity index (χ3v) is 8.60. The van der Waals surface area contributed by atoms with Crippen LogP contribution in [0, 0.1) is 23.7 Å². The summed E-state index contributed by atoms with van der Waals surface area (Å²) < 4.78 is 18.0.